The van der Waals surface area contributed by atoms with E-state index in [1.54, 1.807) is 7.11 Å². The lowest BCUT2D eigenvalue weighted by atomic mass is 9.82. The van der Waals surface area contributed by atoms with Crippen LogP contribution in [0.1, 0.15) is 56.4 Å². The average Bonchev–Trinajstić information content (AvgIpc) is 2.82. The van der Waals surface area contributed by atoms with E-state index < -0.39 is 0 Å². The van der Waals surface area contributed by atoms with E-state index in [1.165, 1.54) is 36.9 Å². The SMILES string of the molecule is CCCNC1CCC(C)(Cc2ncc(C)c(OC)c2C)C1. The van der Waals surface area contributed by atoms with Crippen molar-refractivity contribution in [3.63, 3.8) is 0 Å². The van der Waals surface area contributed by atoms with E-state index in [9.17, 15) is 0 Å². The second-order valence-electron chi connectivity index (χ2n) is 6.93. The molecule has 3 heteroatoms. The number of pyridine rings is 1. The second-order valence-corrected chi connectivity index (χ2v) is 6.93. The van der Waals surface area contributed by atoms with Crippen LogP contribution < -0.4 is 10.1 Å². The van der Waals surface area contributed by atoms with Gasteiger partial charge in [0.2, 0.25) is 0 Å². The summed E-state index contributed by atoms with van der Waals surface area (Å²) in [4.78, 5) is 4.68. The summed E-state index contributed by atoms with van der Waals surface area (Å²) in [6, 6.07) is 0.683. The number of hydrogen-bond acceptors (Lipinski definition) is 3. The van der Waals surface area contributed by atoms with E-state index >= 15 is 0 Å². The van der Waals surface area contributed by atoms with E-state index in [-0.39, 0.29) is 0 Å². The molecule has 0 bridgehead atoms. The average molecular weight is 290 g/mol. The topological polar surface area (TPSA) is 34.2 Å². The van der Waals surface area contributed by atoms with Gasteiger partial charge in [-0.2, -0.15) is 0 Å². The van der Waals surface area contributed by atoms with Gasteiger partial charge in [0.25, 0.3) is 0 Å². The first-order valence-corrected chi connectivity index (χ1v) is 8.21. The quantitative estimate of drug-likeness (QED) is 0.865. The predicted molar refractivity (Wildman–Crippen MR) is 88.0 cm³/mol. The largest absolute Gasteiger partial charge is 0.496 e. The van der Waals surface area contributed by atoms with Crippen molar-refractivity contribution >= 4 is 0 Å². The Balaban J connectivity index is 2.08. The van der Waals surface area contributed by atoms with Crippen LogP contribution in [0, 0.1) is 19.3 Å². The minimum Gasteiger partial charge on any atom is -0.496 e. The molecule has 2 unspecified atom stereocenters. The Bertz CT molecular complexity index is 486. The molecule has 0 aromatic carbocycles. The second kappa shape index (κ2) is 6.78. The number of nitrogens with zero attached hydrogens (tertiary/aromatic N) is 1. The highest BCUT2D eigenvalue weighted by Crippen LogP contribution is 2.41. The molecule has 1 aromatic rings. The molecule has 2 atom stereocenters. The third-order valence-electron chi connectivity index (χ3n) is 4.86. The van der Waals surface area contributed by atoms with Crippen LogP contribution in [0.5, 0.6) is 5.75 Å². The minimum absolute atomic E-state index is 0.365. The monoisotopic (exact) mass is 290 g/mol. The summed E-state index contributed by atoms with van der Waals surface area (Å²) in [6.07, 6.45) is 8.05. The maximum Gasteiger partial charge on any atom is 0.128 e. The molecular formula is C18H30N2O. The van der Waals surface area contributed by atoms with Gasteiger partial charge in [-0.3, -0.25) is 4.98 Å². The highest BCUT2D eigenvalue weighted by atomic mass is 16.5. The van der Waals surface area contributed by atoms with Crippen LogP contribution in [0.25, 0.3) is 0 Å². The van der Waals surface area contributed by atoms with E-state index in [4.69, 9.17) is 4.74 Å². The van der Waals surface area contributed by atoms with Gasteiger partial charge >= 0.3 is 0 Å². The summed E-state index contributed by atoms with van der Waals surface area (Å²) in [6.45, 7) is 9.97. The number of nitrogens with one attached hydrogen (secondary N) is 1. The molecule has 3 nitrogen and oxygen atoms in total. The Morgan fingerprint density at radius 2 is 2.19 bits per heavy atom. The Hall–Kier alpha value is -1.09. The Morgan fingerprint density at radius 3 is 2.86 bits per heavy atom. The number of hydrogen-bond donors (Lipinski definition) is 1. The lowest BCUT2D eigenvalue weighted by Gasteiger charge is -2.25. The number of ether oxygens (including phenoxy) is 1. The van der Waals surface area contributed by atoms with Crippen LogP contribution >= 0.6 is 0 Å². The molecule has 2 rings (SSSR count). The lowest BCUT2D eigenvalue weighted by Crippen LogP contribution is -2.29. The van der Waals surface area contributed by atoms with Gasteiger partial charge < -0.3 is 10.1 Å². The van der Waals surface area contributed by atoms with E-state index in [0.717, 1.165) is 24.3 Å². The summed E-state index contributed by atoms with van der Waals surface area (Å²) < 4.78 is 5.54. The van der Waals surface area contributed by atoms with Crippen LogP contribution in [0.3, 0.4) is 0 Å². The van der Waals surface area contributed by atoms with Gasteiger partial charge in [-0.05, 0) is 57.9 Å². The third kappa shape index (κ3) is 3.76. The van der Waals surface area contributed by atoms with Crippen LogP contribution in [0.15, 0.2) is 6.20 Å². The number of aryl methyl sites for hydroxylation is 1. The summed E-state index contributed by atoms with van der Waals surface area (Å²) in [5.41, 5.74) is 3.90. The van der Waals surface area contributed by atoms with Gasteiger partial charge in [0.05, 0.1) is 7.11 Å². The molecule has 118 valence electrons. The fourth-order valence-corrected chi connectivity index (χ4v) is 3.66. The molecule has 1 aliphatic carbocycles. The highest BCUT2D eigenvalue weighted by molar-refractivity contribution is 5.41. The number of aromatic nitrogens is 1. The van der Waals surface area contributed by atoms with Crippen molar-refractivity contribution in [1.29, 1.82) is 0 Å². The molecule has 21 heavy (non-hydrogen) atoms. The van der Waals surface area contributed by atoms with Crippen LogP contribution in [-0.4, -0.2) is 24.7 Å². The molecule has 1 aromatic heterocycles. The van der Waals surface area contributed by atoms with E-state index in [0.29, 0.717) is 11.5 Å². The van der Waals surface area contributed by atoms with Crippen molar-refractivity contribution in [2.24, 2.45) is 5.41 Å². The van der Waals surface area contributed by atoms with Crippen molar-refractivity contribution in [1.82, 2.24) is 10.3 Å². The van der Waals surface area contributed by atoms with Gasteiger partial charge in [-0.25, -0.2) is 0 Å². The summed E-state index contributed by atoms with van der Waals surface area (Å²) >= 11 is 0. The van der Waals surface area contributed by atoms with Crippen LogP contribution in [-0.2, 0) is 6.42 Å². The van der Waals surface area contributed by atoms with Crippen molar-refractivity contribution in [3.05, 3.63) is 23.0 Å². The van der Waals surface area contributed by atoms with Crippen LogP contribution in [0.4, 0.5) is 0 Å². The predicted octanol–water partition coefficient (Wildman–Crippen LogP) is 3.81. The zero-order valence-electron chi connectivity index (χ0n) is 14.3. The fraction of sp³-hybridized carbons (Fsp3) is 0.722. The summed E-state index contributed by atoms with van der Waals surface area (Å²) in [7, 11) is 1.75. The van der Waals surface area contributed by atoms with Crippen molar-refractivity contribution < 1.29 is 4.74 Å². The summed E-state index contributed by atoms with van der Waals surface area (Å²) in [5.74, 6) is 1.00. The standard InChI is InChI=1S/C18H30N2O/c1-6-9-19-15-7-8-18(4,10-15)11-16-14(3)17(21-5)13(2)12-20-16/h12,15,19H,6-11H2,1-5H3. The Kier molecular flexibility index (Phi) is 5.26. The van der Waals surface area contributed by atoms with Gasteiger partial charge in [-0.1, -0.05) is 13.8 Å². The molecule has 1 aliphatic rings. The van der Waals surface area contributed by atoms with Crippen molar-refractivity contribution in [3.8, 4) is 5.75 Å². The van der Waals surface area contributed by atoms with Gasteiger partial charge in [0.1, 0.15) is 5.75 Å². The number of methoxy groups -OCH3 is 1. The van der Waals surface area contributed by atoms with Gasteiger partial charge in [-0.15, -0.1) is 0 Å². The van der Waals surface area contributed by atoms with Gasteiger partial charge in [0.15, 0.2) is 0 Å². The lowest BCUT2D eigenvalue weighted by molar-refractivity contribution is 0.316. The first-order chi connectivity index (χ1) is 9.99. The molecule has 1 fully saturated rings. The Morgan fingerprint density at radius 1 is 1.43 bits per heavy atom. The summed E-state index contributed by atoms with van der Waals surface area (Å²) in [5, 5.41) is 3.67. The molecule has 0 radical (unpaired) electrons. The van der Waals surface area contributed by atoms with E-state index in [2.05, 4.69) is 38.0 Å². The number of rotatable bonds is 6. The normalized spacial score (nSPS) is 25.3. The first kappa shape index (κ1) is 16.3. The molecule has 0 spiro atoms. The minimum atomic E-state index is 0.365. The molecule has 0 aliphatic heterocycles. The van der Waals surface area contributed by atoms with Crippen LogP contribution in [0.2, 0.25) is 0 Å². The van der Waals surface area contributed by atoms with Crippen molar-refractivity contribution in [2.45, 2.75) is 65.8 Å². The van der Waals surface area contributed by atoms with Gasteiger partial charge in [0, 0.05) is 29.1 Å². The molecule has 1 N–H and O–H groups in total. The molecule has 0 saturated heterocycles. The highest BCUT2D eigenvalue weighted by Gasteiger charge is 2.35. The maximum absolute atomic E-state index is 5.54. The third-order valence-corrected chi connectivity index (χ3v) is 4.86. The Labute approximate surface area is 129 Å². The first-order valence-electron chi connectivity index (χ1n) is 8.21. The fourth-order valence-electron chi connectivity index (χ4n) is 3.66. The maximum atomic E-state index is 5.54. The zero-order valence-corrected chi connectivity index (χ0v) is 14.3. The van der Waals surface area contributed by atoms with E-state index in [1.807, 2.05) is 6.20 Å². The zero-order chi connectivity index (χ0) is 15.5. The smallest absolute Gasteiger partial charge is 0.128 e. The van der Waals surface area contributed by atoms with Crippen molar-refractivity contribution in [2.75, 3.05) is 13.7 Å². The molecule has 1 saturated carbocycles. The molecule has 0 amide bonds. The molecular weight excluding hydrogens is 260 g/mol. The molecule has 1 heterocycles.